The second kappa shape index (κ2) is 7.60. The van der Waals surface area contributed by atoms with E-state index in [4.69, 9.17) is 10.1 Å². The van der Waals surface area contributed by atoms with Crippen LogP contribution in [-0.2, 0) is 4.79 Å². The van der Waals surface area contributed by atoms with E-state index in [2.05, 4.69) is 14.7 Å². The van der Waals surface area contributed by atoms with Crippen molar-refractivity contribution in [3.05, 3.63) is 52.9 Å². The first kappa shape index (κ1) is 20.2. The first-order chi connectivity index (χ1) is 14.3. The number of carbonyl (C=O) groups is 1. The fourth-order valence-corrected chi connectivity index (χ4v) is 4.37. The quantitative estimate of drug-likeness (QED) is 0.743. The molecule has 1 amide bonds. The van der Waals surface area contributed by atoms with Gasteiger partial charge in [0.15, 0.2) is 5.84 Å². The number of methoxy groups -OCH3 is 1. The number of aryl methyl sites for hydroxylation is 1. The van der Waals surface area contributed by atoms with Crippen molar-refractivity contribution in [2.45, 2.75) is 27.7 Å². The minimum absolute atomic E-state index is 0.0549. The predicted molar refractivity (Wildman–Crippen MR) is 122 cm³/mol. The van der Waals surface area contributed by atoms with E-state index in [1.54, 1.807) is 13.2 Å². The van der Waals surface area contributed by atoms with Gasteiger partial charge in [0.2, 0.25) is 5.17 Å². The molecule has 154 valence electrons. The fourth-order valence-electron chi connectivity index (χ4n) is 3.48. The number of hydrogen-bond donors (Lipinski definition) is 1. The van der Waals surface area contributed by atoms with Crippen LogP contribution in [0.15, 0.2) is 46.0 Å². The SMILES string of the molecule is COc1cccc(-n2c(C)cc(/C=C3\C(=N)N4N=C(C(C)C)SC4=NC3=O)c2C)c1. The van der Waals surface area contributed by atoms with Gasteiger partial charge in [-0.15, -0.1) is 0 Å². The number of amides is 1. The second-order valence-electron chi connectivity index (χ2n) is 7.48. The molecule has 30 heavy (non-hydrogen) atoms. The van der Waals surface area contributed by atoms with Gasteiger partial charge >= 0.3 is 0 Å². The molecule has 2 aliphatic rings. The van der Waals surface area contributed by atoms with E-state index in [9.17, 15) is 4.79 Å². The molecule has 4 rings (SSSR count). The number of nitrogens with one attached hydrogen (secondary N) is 1. The van der Waals surface area contributed by atoms with E-state index in [1.807, 2.05) is 58.0 Å². The molecule has 0 saturated carbocycles. The lowest BCUT2D eigenvalue weighted by Crippen LogP contribution is -2.35. The van der Waals surface area contributed by atoms with E-state index < -0.39 is 5.91 Å². The van der Waals surface area contributed by atoms with Gasteiger partial charge in [0.1, 0.15) is 10.8 Å². The first-order valence-corrected chi connectivity index (χ1v) is 10.4. The number of hydrazone groups is 1. The Labute approximate surface area is 179 Å². The second-order valence-corrected chi connectivity index (χ2v) is 8.46. The van der Waals surface area contributed by atoms with Gasteiger partial charge in [-0.05, 0) is 55.4 Å². The summed E-state index contributed by atoms with van der Waals surface area (Å²) in [5.74, 6) is 0.626. The van der Waals surface area contributed by atoms with Gasteiger partial charge in [-0.2, -0.15) is 15.1 Å². The number of hydrogen-bond acceptors (Lipinski definition) is 5. The van der Waals surface area contributed by atoms with E-state index >= 15 is 0 Å². The summed E-state index contributed by atoms with van der Waals surface area (Å²) in [5, 5.41) is 15.8. The Kier molecular flexibility index (Phi) is 5.11. The van der Waals surface area contributed by atoms with Crippen LogP contribution in [0.25, 0.3) is 11.8 Å². The summed E-state index contributed by atoms with van der Waals surface area (Å²) in [6.07, 6.45) is 1.73. The van der Waals surface area contributed by atoms with Crippen LogP contribution in [0, 0.1) is 25.2 Å². The highest BCUT2D eigenvalue weighted by atomic mass is 32.2. The highest BCUT2D eigenvalue weighted by molar-refractivity contribution is 8.27. The van der Waals surface area contributed by atoms with Crippen LogP contribution in [0.3, 0.4) is 0 Å². The number of ether oxygens (including phenoxy) is 1. The average Bonchev–Trinajstić information content (AvgIpc) is 3.26. The standard InChI is InChI=1S/C22H23N5O2S/c1-12(2)21-25-27-19(23)18(20(28)24-22(27)30-21)10-15-9-13(3)26(14(15)4)16-7-6-8-17(11-16)29-5/h6-12,23H,1-5H3/b18-10+,23-19?. The molecule has 0 unspecified atom stereocenters. The maximum Gasteiger partial charge on any atom is 0.283 e. The molecule has 2 aliphatic heterocycles. The van der Waals surface area contributed by atoms with Crippen LogP contribution in [0.2, 0.25) is 0 Å². The van der Waals surface area contributed by atoms with Gasteiger partial charge in [-0.1, -0.05) is 19.9 Å². The van der Waals surface area contributed by atoms with Crippen molar-refractivity contribution in [3.8, 4) is 11.4 Å². The normalized spacial score (nSPS) is 17.5. The van der Waals surface area contributed by atoms with Gasteiger partial charge in [-0.25, -0.2) is 0 Å². The number of thioether (sulfide) groups is 1. The van der Waals surface area contributed by atoms with Crippen LogP contribution in [-0.4, -0.2) is 38.6 Å². The summed E-state index contributed by atoms with van der Waals surface area (Å²) in [4.78, 5) is 16.8. The van der Waals surface area contributed by atoms with E-state index in [-0.39, 0.29) is 17.3 Å². The first-order valence-electron chi connectivity index (χ1n) is 9.63. The third kappa shape index (κ3) is 3.37. The van der Waals surface area contributed by atoms with Crippen molar-refractivity contribution in [1.29, 1.82) is 5.41 Å². The van der Waals surface area contributed by atoms with Gasteiger partial charge in [0.25, 0.3) is 5.91 Å². The van der Waals surface area contributed by atoms with Gasteiger partial charge in [0.05, 0.1) is 12.7 Å². The van der Waals surface area contributed by atoms with Crippen molar-refractivity contribution < 1.29 is 9.53 Å². The van der Waals surface area contributed by atoms with Gasteiger partial charge < -0.3 is 9.30 Å². The molecular weight excluding hydrogens is 398 g/mol. The molecule has 0 fully saturated rings. The number of fused-ring (bicyclic) bond motifs is 1. The van der Waals surface area contributed by atoms with Crippen molar-refractivity contribution in [2.75, 3.05) is 7.11 Å². The fraction of sp³-hybridized carbons (Fsp3) is 0.273. The van der Waals surface area contributed by atoms with Crippen molar-refractivity contribution in [1.82, 2.24) is 9.58 Å². The smallest absolute Gasteiger partial charge is 0.283 e. The number of amidine groups is 2. The number of carbonyl (C=O) groups excluding carboxylic acids is 1. The molecule has 0 radical (unpaired) electrons. The van der Waals surface area contributed by atoms with Gasteiger partial charge in [-0.3, -0.25) is 10.2 Å². The summed E-state index contributed by atoms with van der Waals surface area (Å²) in [6, 6.07) is 9.82. The Bertz CT molecular complexity index is 1160. The lowest BCUT2D eigenvalue weighted by Gasteiger charge is -2.20. The van der Waals surface area contributed by atoms with E-state index in [1.165, 1.54) is 16.8 Å². The topological polar surface area (TPSA) is 83.0 Å². The highest BCUT2D eigenvalue weighted by Gasteiger charge is 2.36. The summed E-state index contributed by atoms with van der Waals surface area (Å²) in [6.45, 7) is 8.06. The molecule has 1 aromatic carbocycles. The number of benzene rings is 1. The molecule has 1 aromatic heterocycles. The number of aromatic nitrogens is 1. The van der Waals surface area contributed by atoms with Gasteiger partial charge in [0, 0.05) is 29.1 Å². The zero-order valence-corrected chi connectivity index (χ0v) is 18.4. The minimum Gasteiger partial charge on any atom is -0.497 e. The van der Waals surface area contributed by atoms with Crippen LogP contribution in [0.4, 0.5) is 0 Å². The lowest BCUT2D eigenvalue weighted by atomic mass is 10.1. The molecular formula is C22H23N5O2S. The monoisotopic (exact) mass is 421 g/mol. The maximum absolute atomic E-state index is 12.7. The van der Waals surface area contributed by atoms with E-state index in [0.717, 1.165) is 33.4 Å². The molecule has 7 nitrogen and oxygen atoms in total. The Morgan fingerprint density at radius 1 is 1.23 bits per heavy atom. The number of nitrogens with zero attached hydrogens (tertiary/aromatic N) is 4. The predicted octanol–water partition coefficient (Wildman–Crippen LogP) is 4.38. The van der Waals surface area contributed by atoms with Crippen molar-refractivity contribution >= 4 is 39.8 Å². The Hall–Kier alpha value is -3.13. The molecule has 3 heterocycles. The molecule has 2 aromatic rings. The molecule has 0 atom stereocenters. The molecule has 0 saturated heterocycles. The van der Waals surface area contributed by atoms with Crippen molar-refractivity contribution in [2.24, 2.45) is 16.0 Å². The lowest BCUT2D eigenvalue weighted by molar-refractivity contribution is -0.114. The molecule has 0 bridgehead atoms. The van der Waals surface area contributed by atoms with Crippen LogP contribution < -0.4 is 4.74 Å². The zero-order chi connectivity index (χ0) is 21.6. The molecule has 0 aliphatic carbocycles. The summed E-state index contributed by atoms with van der Waals surface area (Å²) in [5.41, 5.74) is 4.05. The van der Waals surface area contributed by atoms with E-state index in [0.29, 0.717) is 5.17 Å². The summed E-state index contributed by atoms with van der Waals surface area (Å²) < 4.78 is 7.44. The van der Waals surface area contributed by atoms with Crippen LogP contribution in [0.5, 0.6) is 5.75 Å². The van der Waals surface area contributed by atoms with Crippen molar-refractivity contribution in [3.63, 3.8) is 0 Å². The Morgan fingerprint density at radius 3 is 2.70 bits per heavy atom. The average molecular weight is 422 g/mol. The molecule has 1 N–H and O–H groups in total. The third-order valence-electron chi connectivity index (χ3n) is 5.05. The molecule has 0 spiro atoms. The Balaban J connectivity index is 1.74. The summed E-state index contributed by atoms with van der Waals surface area (Å²) in [7, 11) is 1.64. The third-order valence-corrected chi connectivity index (χ3v) is 6.25. The number of aliphatic imine (C=N–C) groups is 1. The highest BCUT2D eigenvalue weighted by Crippen LogP contribution is 2.32. The maximum atomic E-state index is 12.7. The largest absolute Gasteiger partial charge is 0.497 e. The minimum atomic E-state index is -0.412. The summed E-state index contributed by atoms with van der Waals surface area (Å²) >= 11 is 1.35. The van der Waals surface area contributed by atoms with Crippen LogP contribution >= 0.6 is 11.8 Å². The van der Waals surface area contributed by atoms with Crippen LogP contribution in [0.1, 0.15) is 30.8 Å². The number of rotatable bonds is 4. The molecule has 8 heteroatoms. The zero-order valence-electron chi connectivity index (χ0n) is 17.6. The Morgan fingerprint density at radius 2 is 2.00 bits per heavy atom.